The average Bonchev–Trinajstić information content (AvgIpc) is 2.96. The number of amides is 1. The maximum Gasteiger partial charge on any atom is 0.253 e. The van der Waals surface area contributed by atoms with Crippen LogP contribution < -0.4 is 10.2 Å². The van der Waals surface area contributed by atoms with Crippen LogP contribution in [0.1, 0.15) is 47.2 Å². The van der Waals surface area contributed by atoms with Crippen molar-refractivity contribution in [2.24, 2.45) is 0 Å². The molecule has 3 rings (SSSR count). The van der Waals surface area contributed by atoms with Crippen molar-refractivity contribution >= 4 is 11.7 Å². The first-order valence-corrected chi connectivity index (χ1v) is 9.83. The normalized spacial score (nSPS) is 14.9. The molecule has 1 N–H and O–H groups in total. The van der Waals surface area contributed by atoms with E-state index in [1.807, 2.05) is 12.1 Å². The number of benzene rings is 1. The molecule has 0 unspecified atom stereocenters. The summed E-state index contributed by atoms with van der Waals surface area (Å²) in [5, 5.41) is 2.98. The van der Waals surface area contributed by atoms with Gasteiger partial charge in [-0.25, -0.2) is 4.98 Å². The van der Waals surface area contributed by atoms with Gasteiger partial charge in [-0.1, -0.05) is 37.1 Å². The predicted octanol–water partition coefficient (Wildman–Crippen LogP) is 3.45. The second-order valence-electron chi connectivity index (χ2n) is 7.54. The molecule has 0 bridgehead atoms. The Hall–Kier alpha value is -2.40. The van der Waals surface area contributed by atoms with Gasteiger partial charge in [0.25, 0.3) is 5.91 Å². The van der Waals surface area contributed by atoms with Gasteiger partial charge in [0.05, 0.1) is 5.56 Å². The standard InChI is InChI=1S/C22H30N4O/c1-25(2)17-19-9-7-18(8-10-19)15-24-22(27)20-11-12-21(23-16-20)26-13-5-3-4-6-14-26/h7-12,16H,3-6,13-15,17H2,1-2H3,(H,24,27). The van der Waals surface area contributed by atoms with Crippen LogP contribution in [-0.2, 0) is 13.1 Å². The van der Waals surface area contributed by atoms with E-state index in [4.69, 9.17) is 0 Å². The van der Waals surface area contributed by atoms with Crippen molar-refractivity contribution in [3.05, 3.63) is 59.3 Å². The highest BCUT2D eigenvalue weighted by atomic mass is 16.1. The predicted molar refractivity (Wildman–Crippen MR) is 110 cm³/mol. The van der Waals surface area contributed by atoms with Gasteiger partial charge in [-0.3, -0.25) is 4.79 Å². The third-order valence-corrected chi connectivity index (χ3v) is 4.91. The molecular formula is C22H30N4O. The van der Waals surface area contributed by atoms with E-state index in [0.29, 0.717) is 12.1 Å². The lowest BCUT2D eigenvalue weighted by atomic mass is 10.1. The van der Waals surface area contributed by atoms with Gasteiger partial charge in [-0.05, 0) is 50.2 Å². The second-order valence-corrected chi connectivity index (χ2v) is 7.54. The van der Waals surface area contributed by atoms with Crippen LogP contribution in [0, 0.1) is 0 Å². The van der Waals surface area contributed by atoms with E-state index in [2.05, 4.69) is 58.5 Å². The van der Waals surface area contributed by atoms with Gasteiger partial charge < -0.3 is 15.1 Å². The van der Waals surface area contributed by atoms with Crippen LogP contribution in [0.3, 0.4) is 0 Å². The van der Waals surface area contributed by atoms with Crippen LogP contribution >= 0.6 is 0 Å². The van der Waals surface area contributed by atoms with Crippen LogP contribution in [0.25, 0.3) is 0 Å². The van der Waals surface area contributed by atoms with Crippen molar-refractivity contribution in [2.45, 2.75) is 38.8 Å². The molecule has 1 aliphatic rings. The molecule has 0 radical (unpaired) electrons. The summed E-state index contributed by atoms with van der Waals surface area (Å²) >= 11 is 0. The summed E-state index contributed by atoms with van der Waals surface area (Å²) in [6.07, 6.45) is 6.73. The number of carbonyl (C=O) groups excluding carboxylic acids is 1. The Kier molecular flexibility index (Phi) is 6.82. The molecule has 27 heavy (non-hydrogen) atoms. The van der Waals surface area contributed by atoms with E-state index < -0.39 is 0 Å². The van der Waals surface area contributed by atoms with Gasteiger partial charge in [-0.15, -0.1) is 0 Å². The smallest absolute Gasteiger partial charge is 0.253 e. The minimum Gasteiger partial charge on any atom is -0.357 e. The SMILES string of the molecule is CN(C)Cc1ccc(CNC(=O)c2ccc(N3CCCCCC3)nc2)cc1. The number of pyridine rings is 1. The zero-order valence-electron chi connectivity index (χ0n) is 16.4. The van der Waals surface area contributed by atoms with Crippen LogP contribution in [0.5, 0.6) is 0 Å². The quantitative estimate of drug-likeness (QED) is 0.851. The van der Waals surface area contributed by atoms with E-state index in [1.54, 1.807) is 6.20 Å². The first-order valence-electron chi connectivity index (χ1n) is 9.83. The molecular weight excluding hydrogens is 336 g/mol. The van der Waals surface area contributed by atoms with Gasteiger partial charge in [0.15, 0.2) is 0 Å². The Labute approximate surface area is 162 Å². The number of nitrogens with one attached hydrogen (secondary N) is 1. The summed E-state index contributed by atoms with van der Waals surface area (Å²) in [5.41, 5.74) is 2.97. The number of carbonyl (C=O) groups is 1. The fourth-order valence-electron chi connectivity index (χ4n) is 3.42. The molecule has 1 aromatic carbocycles. The summed E-state index contributed by atoms with van der Waals surface area (Å²) in [6, 6.07) is 12.2. The Morgan fingerprint density at radius 1 is 1.00 bits per heavy atom. The first-order chi connectivity index (χ1) is 13.1. The van der Waals surface area contributed by atoms with Crippen molar-refractivity contribution < 1.29 is 4.79 Å². The van der Waals surface area contributed by atoms with E-state index in [9.17, 15) is 4.79 Å². The molecule has 0 spiro atoms. The molecule has 144 valence electrons. The molecule has 1 fully saturated rings. The van der Waals surface area contributed by atoms with Crippen molar-refractivity contribution in [2.75, 3.05) is 32.1 Å². The van der Waals surface area contributed by atoms with Crippen molar-refractivity contribution in [1.82, 2.24) is 15.2 Å². The highest BCUT2D eigenvalue weighted by Gasteiger charge is 2.12. The molecule has 2 aromatic rings. The topological polar surface area (TPSA) is 48.5 Å². The lowest BCUT2D eigenvalue weighted by molar-refractivity contribution is 0.0950. The molecule has 2 heterocycles. The molecule has 1 saturated heterocycles. The molecule has 0 atom stereocenters. The van der Waals surface area contributed by atoms with Crippen LogP contribution in [0.4, 0.5) is 5.82 Å². The maximum absolute atomic E-state index is 12.4. The fourth-order valence-corrected chi connectivity index (χ4v) is 3.42. The zero-order chi connectivity index (χ0) is 19.1. The molecule has 1 aliphatic heterocycles. The monoisotopic (exact) mass is 366 g/mol. The van der Waals surface area contributed by atoms with Gasteiger partial charge in [0.2, 0.25) is 0 Å². The highest BCUT2D eigenvalue weighted by Crippen LogP contribution is 2.17. The molecule has 0 saturated carbocycles. The second kappa shape index (κ2) is 9.51. The Morgan fingerprint density at radius 3 is 2.26 bits per heavy atom. The van der Waals surface area contributed by atoms with Gasteiger partial charge >= 0.3 is 0 Å². The Bertz CT molecular complexity index is 717. The van der Waals surface area contributed by atoms with Crippen molar-refractivity contribution in [3.8, 4) is 0 Å². The summed E-state index contributed by atoms with van der Waals surface area (Å²) in [5.74, 6) is 0.896. The maximum atomic E-state index is 12.4. The number of hydrogen-bond acceptors (Lipinski definition) is 4. The number of nitrogens with zero attached hydrogens (tertiary/aromatic N) is 3. The number of rotatable bonds is 6. The van der Waals surface area contributed by atoms with E-state index in [-0.39, 0.29) is 5.91 Å². The van der Waals surface area contributed by atoms with Crippen LogP contribution in [-0.4, -0.2) is 43.0 Å². The summed E-state index contributed by atoms with van der Waals surface area (Å²) < 4.78 is 0. The Morgan fingerprint density at radius 2 is 1.67 bits per heavy atom. The summed E-state index contributed by atoms with van der Waals surface area (Å²) in [6.45, 7) is 3.56. The first kappa shape index (κ1) is 19.4. The van der Waals surface area contributed by atoms with Gasteiger partial charge in [0.1, 0.15) is 5.82 Å². The van der Waals surface area contributed by atoms with Gasteiger partial charge in [-0.2, -0.15) is 0 Å². The molecule has 1 amide bonds. The minimum absolute atomic E-state index is 0.0812. The number of aromatic nitrogens is 1. The average molecular weight is 367 g/mol. The number of hydrogen-bond donors (Lipinski definition) is 1. The summed E-state index contributed by atoms with van der Waals surface area (Å²) in [7, 11) is 4.11. The minimum atomic E-state index is -0.0812. The van der Waals surface area contributed by atoms with E-state index in [0.717, 1.165) is 31.0 Å². The fraction of sp³-hybridized carbons (Fsp3) is 0.455. The van der Waals surface area contributed by atoms with Crippen LogP contribution in [0.15, 0.2) is 42.6 Å². The van der Waals surface area contributed by atoms with Gasteiger partial charge in [0, 0.05) is 32.4 Å². The third-order valence-electron chi connectivity index (χ3n) is 4.91. The zero-order valence-corrected chi connectivity index (χ0v) is 16.4. The van der Waals surface area contributed by atoms with Crippen molar-refractivity contribution in [1.29, 1.82) is 0 Å². The van der Waals surface area contributed by atoms with E-state index in [1.165, 1.54) is 31.2 Å². The third kappa shape index (κ3) is 5.79. The molecule has 5 heteroatoms. The molecule has 0 aliphatic carbocycles. The van der Waals surface area contributed by atoms with Crippen molar-refractivity contribution in [3.63, 3.8) is 0 Å². The van der Waals surface area contributed by atoms with E-state index >= 15 is 0 Å². The summed E-state index contributed by atoms with van der Waals surface area (Å²) in [4.78, 5) is 21.4. The number of anilines is 1. The lowest BCUT2D eigenvalue weighted by Gasteiger charge is -2.21. The Balaban J connectivity index is 1.53. The lowest BCUT2D eigenvalue weighted by Crippen LogP contribution is -2.26. The highest BCUT2D eigenvalue weighted by molar-refractivity contribution is 5.94. The largest absolute Gasteiger partial charge is 0.357 e. The molecule has 1 aromatic heterocycles. The van der Waals surface area contributed by atoms with Crippen LogP contribution in [0.2, 0.25) is 0 Å². The molecule has 5 nitrogen and oxygen atoms in total.